The van der Waals surface area contributed by atoms with E-state index < -0.39 is 0 Å². The lowest BCUT2D eigenvalue weighted by Crippen LogP contribution is -2.49. The van der Waals surface area contributed by atoms with Crippen LogP contribution in [0.5, 0.6) is 0 Å². The summed E-state index contributed by atoms with van der Waals surface area (Å²) < 4.78 is 15.2. The number of aromatic nitrogens is 2. The van der Waals surface area contributed by atoms with Gasteiger partial charge in [0.05, 0.1) is 16.8 Å². The lowest BCUT2D eigenvalue weighted by Gasteiger charge is -2.36. The number of carbonyl (C=O) groups excluding carboxylic acids is 1. The largest absolute Gasteiger partial charge is 0.368 e. The monoisotopic (exact) mass is 398 g/mol. The van der Waals surface area contributed by atoms with Crippen molar-refractivity contribution in [1.29, 1.82) is 0 Å². The van der Waals surface area contributed by atoms with Gasteiger partial charge in [-0.15, -0.1) is 0 Å². The van der Waals surface area contributed by atoms with Gasteiger partial charge in [-0.05, 0) is 43.3 Å². The van der Waals surface area contributed by atoms with Gasteiger partial charge in [-0.1, -0.05) is 23.9 Å². The summed E-state index contributed by atoms with van der Waals surface area (Å²) in [6, 6.07) is 14.6. The molecule has 0 spiro atoms. The van der Waals surface area contributed by atoms with E-state index in [0.29, 0.717) is 18.8 Å². The number of halogens is 1. The Balaban J connectivity index is 1.34. The molecule has 146 valence electrons. The molecule has 0 radical (unpaired) electrons. The molecule has 2 aromatic carbocycles. The maximum absolute atomic E-state index is 13.1. The predicted octanol–water partition coefficient (Wildman–Crippen LogP) is 3.64. The number of carbonyl (C=O) groups is 1. The van der Waals surface area contributed by atoms with Gasteiger partial charge < -0.3 is 14.4 Å². The molecular formula is C21H23FN4OS. The zero-order valence-electron chi connectivity index (χ0n) is 15.8. The molecule has 0 N–H and O–H groups in total. The second kappa shape index (κ2) is 8.22. The van der Waals surface area contributed by atoms with Crippen LogP contribution in [0.4, 0.5) is 10.1 Å². The van der Waals surface area contributed by atoms with Gasteiger partial charge in [0.15, 0.2) is 5.16 Å². The molecular weight excluding hydrogens is 375 g/mol. The third-order valence-electron chi connectivity index (χ3n) is 5.08. The Hall–Kier alpha value is -2.54. The summed E-state index contributed by atoms with van der Waals surface area (Å²) in [6.45, 7) is 5.80. The second-order valence-corrected chi connectivity index (χ2v) is 7.70. The van der Waals surface area contributed by atoms with E-state index in [0.717, 1.165) is 41.5 Å². The van der Waals surface area contributed by atoms with Gasteiger partial charge in [0.1, 0.15) is 5.82 Å². The average molecular weight is 399 g/mol. The first-order valence-corrected chi connectivity index (χ1v) is 10.5. The normalized spacial score (nSPS) is 14.6. The van der Waals surface area contributed by atoms with Gasteiger partial charge in [0.2, 0.25) is 5.91 Å². The van der Waals surface area contributed by atoms with E-state index in [-0.39, 0.29) is 11.7 Å². The predicted molar refractivity (Wildman–Crippen MR) is 111 cm³/mol. The van der Waals surface area contributed by atoms with Gasteiger partial charge in [-0.3, -0.25) is 4.79 Å². The van der Waals surface area contributed by atoms with Crippen molar-refractivity contribution in [3.05, 3.63) is 54.3 Å². The first-order valence-electron chi connectivity index (χ1n) is 9.52. The minimum absolute atomic E-state index is 0.137. The number of para-hydroxylation sites is 2. The van der Waals surface area contributed by atoms with E-state index in [4.69, 9.17) is 0 Å². The molecule has 0 aliphatic carbocycles. The van der Waals surface area contributed by atoms with Crippen LogP contribution in [-0.2, 0) is 11.3 Å². The minimum atomic E-state index is -0.229. The molecule has 1 aliphatic rings. The third kappa shape index (κ3) is 3.85. The topological polar surface area (TPSA) is 41.4 Å². The van der Waals surface area contributed by atoms with Gasteiger partial charge in [-0.2, -0.15) is 0 Å². The van der Waals surface area contributed by atoms with E-state index in [2.05, 4.69) is 27.4 Å². The molecule has 1 aromatic heterocycles. The molecule has 1 aliphatic heterocycles. The van der Waals surface area contributed by atoms with Crippen molar-refractivity contribution in [3.8, 4) is 0 Å². The molecule has 1 saturated heterocycles. The molecule has 5 nitrogen and oxygen atoms in total. The molecule has 7 heteroatoms. The smallest absolute Gasteiger partial charge is 0.233 e. The van der Waals surface area contributed by atoms with Crippen LogP contribution in [0.1, 0.15) is 6.92 Å². The van der Waals surface area contributed by atoms with Crippen molar-refractivity contribution in [2.75, 3.05) is 36.8 Å². The number of rotatable bonds is 5. The lowest BCUT2D eigenvalue weighted by molar-refractivity contribution is -0.128. The number of hydrogen-bond acceptors (Lipinski definition) is 4. The van der Waals surface area contributed by atoms with Crippen LogP contribution in [0.2, 0.25) is 0 Å². The quantitative estimate of drug-likeness (QED) is 0.616. The number of piperazine rings is 1. The van der Waals surface area contributed by atoms with E-state index in [1.165, 1.54) is 23.9 Å². The van der Waals surface area contributed by atoms with Crippen LogP contribution in [0.25, 0.3) is 11.0 Å². The Morgan fingerprint density at radius 1 is 1.07 bits per heavy atom. The molecule has 28 heavy (non-hydrogen) atoms. The summed E-state index contributed by atoms with van der Waals surface area (Å²) in [5.74, 6) is 0.297. The minimum Gasteiger partial charge on any atom is -0.368 e. The maximum Gasteiger partial charge on any atom is 0.233 e. The fraction of sp³-hybridized carbons (Fsp3) is 0.333. The number of hydrogen-bond donors (Lipinski definition) is 0. The van der Waals surface area contributed by atoms with Crippen LogP contribution >= 0.6 is 11.8 Å². The van der Waals surface area contributed by atoms with Crippen molar-refractivity contribution in [2.24, 2.45) is 0 Å². The van der Waals surface area contributed by atoms with Crippen LogP contribution in [0.15, 0.2) is 53.7 Å². The number of fused-ring (bicyclic) bond motifs is 1. The molecule has 3 aromatic rings. The van der Waals surface area contributed by atoms with E-state index in [9.17, 15) is 9.18 Å². The van der Waals surface area contributed by atoms with Crippen LogP contribution in [-0.4, -0.2) is 52.3 Å². The van der Waals surface area contributed by atoms with Crippen molar-refractivity contribution in [1.82, 2.24) is 14.5 Å². The standard InChI is InChI=1S/C21H23FN4OS/c1-2-26-19-6-4-3-5-18(19)23-21(26)28-15-20(27)25-13-11-24(12-14-25)17-9-7-16(22)8-10-17/h3-10H,2,11-15H2,1H3. The molecule has 0 atom stereocenters. The van der Waals surface area contributed by atoms with Crippen molar-refractivity contribution in [3.63, 3.8) is 0 Å². The number of amides is 1. The number of thioether (sulfide) groups is 1. The lowest BCUT2D eigenvalue weighted by atomic mass is 10.2. The number of imidazole rings is 1. The first-order chi connectivity index (χ1) is 13.7. The van der Waals surface area contributed by atoms with Crippen LogP contribution < -0.4 is 4.90 Å². The Kier molecular flexibility index (Phi) is 5.52. The third-order valence-corrected chi connectivity index (χ3v) is 6.05. The Morgan fingerprint density at radius 2 is 1.79 bits per heavy atom. The highest BCUT2D eigenvalue weighted by Crippen LogP contribution is 2.24. The Morgan fingerprint density at radius 3 is 2.50 bits per heavy atom. The second-order valence-electron chi connectivity index (χ2n) is 6.76. The SMILES string of the molecule is CCn1c(SCC(=O)N2CCN(c3ccc(F)cc3)CC2)nc2ccccc21. The molecule has 0 bridgehead atoms. The maximum atomic E-state index is 13.1. The average Bonchev–Trinajstić information content (AvgIpc) is 3.10. The molecule has 0 unspecified atom stereocenters. The first kappa shape index (κ1) is 18.8. The van der Waals surface area contributed by atoms with Crippen LogP contribution in [0, 0.1) is 5.82 Å². The summed E-state index contributed by atoms with van der Waals surface area (Å²) in [4.78, 5) is 21.4. The summed E-state index contributed by atoms with van der Waals surface area (Å²) in [7, 11) is 0. The number of anilines is 1. The van der Waals surface area contributed by atoms with Gasteiger partial charge in [0, 0.05) is 38.4 Å². The summed E-state index contributed by atoms with van der Waals surface area (Å²) >= 11 is 1.50. The number of nitrogens with zero attached hydrogens (tertiary/aromatic N) is 4. The zero-order chi connectivity index (χ0) is 19.5. The number of aryl methyl sites for hydroxylation is 1. The highest BCUT2D eigenvalue weighted by atomic mass is 32.2. The van der Waals surface area contributed by atoms with E-state index >= 15 is 0 Å². The molecule has 4 rings (SSSR count). The van der Waals surface area contributed by atoms with Crippen molar-refractivity contribution >= 4 is 34.4 Å². The fourth-order valence-electron chi connectivity index (χ4n) is 3.55. The zero-order valence-corrected chi connectivity index (χ0v) is 16.7. The highest BCUT2D eigenvalue weighted by Gasteiger charge is 2.22. The highest BCUT2D eigenvalue weighted by molar-refractivity contribution is 7.99. The fourth-order valence-corrected chi connectivity index (χ4v) is 4.53. The molecule has 2 heterocycles. The van der Waals surface area contributed by atoms with E-state index in [1.807, 2.05) is 23.1 Å². The summed E-state index contributed by atoms with van der Waals surface area (Å²) in [5, 5.41) is 0.891. The Bertz CT molecular complexity index is 964. The molecule has 0 saturated carbocycles. The van der Waals surface area contributed by atoms with Crippen molar-refractivity contribution in [2.45, 2.75) is 18.6 Å². The Labute approximate surface area is 168 Å². The molecule has 1 amide bonds. The summed E-state index contributed by atoms with van der Waals surface area (Å²) in [6.07, 6.45) is 0. The van der Waals surface area contributed by atoms with Crippen molar-refractivity contribution < 1.29 is 9.18 Å². The van der Waals surface area contributed by atoms with E-state index in [1.54, 1.807) is 12.1 Å². The summed E-state index contributed by atoms with van der Waals surface area (Å²) in [5.41, 5.74) is 3.07. The number of benzene rings is 2. The van der Waals surface area contributed by atoms with Gasteiger partial charge in [-0.25, -0.2) is 9.37 Å². The van der Waals surface area contributed by atoms with Gasteiger partial charge in [0.25, 0.3) is 0 Å². The van der Waals surface area contributed by atoms with Gasteiger partial charge >= 0.3 is 0 Å². The van der Waals surface area contributed by atoms with Crippen LogP contribution in [0.3, 0.4) is 0 Å². The molecule has 1 fully saturated rings.